The molecule has 0 amide bonds. The van der Waals surface area contributed by atoms with Crippen molar-refractivity contribution in [1.29, 1.82) is 0 Å². The van der Waals surface area contributed by atoms with Crippen LogP contribution in [0, 0.1) is 6.92 Å². The highest BCUT2D eigenvalue weighted by Crippen LogP contribution is 2.23. The molecule has 0 atom stereocenters. The summed E-state index contributed by atoms with van der Waals surface area (Å²) in [6.45, 7) is 4.87. The van der Waals surface area contributed by atoms with Gasteiger partial charge >= 0.3 is 0 Å². The van der Waals surface area contributed by atoms with E-state index in [0.29, 0.717) is 6.42 Å². The zero-order chi connectivity index (χ0) is 17.9. The van der Waals surface area contributed by atoms with Gasteiger partial charge < -0.3 is 4.98 Å². The molecule has 0 saturated heterocycles. The number of aromatic amines is 1. The number of hydrogen-bond donors (Lipinski definition) is 1. The van der Waals surface area contributed by atoms with Crippen molar-refractivity contribution in [2.45, 2.75) is 19.8 Å². The number of aromatic nitrogens is 1. The van der Waals surface area contributed by atoms with E-state index in [9.17, 15) is 4.79 Å². The van der Waals surface area contributed by atoms with Gasteiger partial charge in [-0.05, 0) is 30.5 Å². The molecule has 0 spiro atoms. The van der Waals surface area contributed by atoms with E-state index in [0.717, 1.165) is 42.5 Å². The van der Waals surface area contributed by atoms with Crippen LogP contribution in [0.15, 0.2) is 60.8 Å². The molecule has 2 aromatic carbocycles. The van der Waals surface area contributed by atoms with E-state index in [1.165, 1.54) is 16.7 Å². The highest BCUT2D eigenvalue weighted by molar-refractivity contribution is 6.07. The Kier molecular flexibility index (Phi) is 4.72. The maximum absolute atomic E-state index is 12.6. The lowest BCUT2D eigenvalue weighted by molar-refractivity contribution is 0.0968. The molecule has 3 heteroatoms. The number of nitrogens with one attached hydrogen (secondary N) is 1. The standard InChI is InChI=1S/C23H24N2O/c1-17-6-8-18(9-7-17)19-10-13-25(14-11-19)15-12-23(26)21-16-24-22-5-3-2-4-20(21)22/h2-10,16,24H,11-15H2,1H3. The summed E-state index contributed by atoms with van der Waals surface area (Å²) >= 11 is 0. The van der Waals surface area contributed by atoms with Crippen molar-refractivity contribution >= 4 is 22.3 Å². The molecule has 3 nitrogen and oxygen atoms in total. The molecule has 1 aliphatic heterocycles. The Morgan fingerprint density at radius 3 is 2.69 bits per heavy atom. The lowest BCUT2D eigenvalue weighted by atomic mass is 9.98. The lowest BCUT2D eigenvalue weighted by Gasteiger charge is -2.26. The average Bonchev–Trinajstić information content (AvgIpc) is 3.11. The van der Waals surface area contributed by atoms with Gasteiger partial charge in [-0.3, -0.25) is 9.69 Å². The Hall–Kier alpha value is -2.65. The fourth-order valence-corrected chi connectivity index (χ4v) is 3.64. The number of carbonyl (C=O) groups excluding carboxylic acids is 1. The van der Waals surface area contributed by atoms with Crippen LogP contribution in [0.2, 0.25) is 0 Å². The molecule has 1 aromatic heterocycles. The van der Waals surface area contributed by atoms with Gasteiger partial charge in [-0.15, -0.1) is 0 Å². The molecule has 26 heavy (non-hydrogen) atoms. The van der Waals surface area contributed by atoms with E-state index in [1.807, 2.05) is 30.5 Å². The number of rotatable bonds is 5. The fourth-order valence-electron chi connectivity index (χ4n) is 3.64. The first kappa shape index (κ1) is 16.8. The minimum Gasteiger partial charge on any atom is -0.360 e. The van der Waals surface area contributed by atoms with Crippen LogP contribution in [0.25, 0.3) is 16.5 Å². The van der Waals surface area contributed by atoms with Gasteiger partial charge in [-0.1, -0.05) is 54.1 Å². The first-order valence-electron chi connectivity index (χ1n) is 9.28. The molecule has 132 valence electrons. The van der Waals surface area contributed by atoms with E-state index in [4.69, 9.17) is 0 Å². The van der Waals surface area contributed by atoms with Crippen LogP contribution in [-0.2, 0) is 0 Å². The largest absolute Gasteiger partial charge is 0.360 e. The third-order valence-corrected chi connectivity index (χ3v) is 5.26. The number of H-pyrrole nitrogens is 1. The second-order valence-corrected chi connectivity index (χ2v) is 7.07. The van der Waals surface area contributed by atoms with E-state index in [-0.39, 0.29) is 5.78 Å². The van der Waals surface area contributed by atoms with Crippen LogP contribution < -0.4 is 0 Å². The highest BCUT2D eigenvalue weighted by Gasteiger charge is 2.16. The van der Waals surface area contributed by atoms with Gasteiger partial charge in [0.15, 0.2) is 5.78 Å². The number of aryl methyl sites for hydroxylation is 1. The number of fused-ring (bicyclic) bond motifs is 1. The number of carbonyl (C=O) groups is 1. The first-order valence-corrected chi connectivity index (χ1v) is 9.28. The summed E-state index contributed by atoms with van der Waals surface area (Å²) in [5.74, 6) is 0.218. The maximum Gasteiger partial charge on any atom is 0.166 e. The quantitative estimate of drug-likeness (QED) is 0.672. The number of para-hydroxylation sites is 1. The van der Waals surface area contributed by atoms with Gasteiger partial charge in [0.25, 0.3) is 0 Å². The monoisotopic (exact) mass is 344 g/mol. The predicted molar refractivity (Wildman–Crippen MR) is 107 cm³/mol. The normalized spacial score (nSPS) is 15.2. The maximum atomic E-state index is 12.6. The van der Waals surface area contributed by atoms with Gasteiger partial charge in [0.2, 0.25) is 0 Å². The predicted octanol–water partition coefficient (Wildman–Crippen LogP) is 4.84. The zero-order valence-corrected chi connectivity index (χ0v) is 15.2. The van der Waals surface area contributed by atoms with Crippen LogP contribution in [0.5, 0.6) is 0 Å². The Morgan fingerprint density at radius 2 is 1.92 bits per heavy atom. The topological polar surface area (TPSA) is 36.1 Å². The smallest absolute Gasteiger partial charge is 0.166 e. The molecule has 0 bridgehead atoms. The third kappa shape index (κ3) is 3.49. The Bertz CT molecular complexity index is 950. The minimum absolute atomic E-state index is 0.218. The van der Waals surface area contributed by atoms with E-state index < -0.39 is 0 Å². The minimum atomic E-state index is 0.218. The van der Waals surface area contributed by atoms with Crippen molar-refractivity contribution < 1.29 is 4.79 Å². The molecule has 4 rings (SSSR count). The van der Waals surface area contributed by atoms with Gasteiger partial charge in [0.1, 0.15) is 0 Å². The van der Waals surface area contributed by atoms with Crippen LogP contribution in [0.1, 0.15) is 34.3 Å². The molecule has 0 unspecified atom stereocenters. The summed E-state index contributed by atoms with van der Waals surface area (Å²) in [6, 6.07) is 16.7. The molecular weight excluding hydrogens is 320 g/mol. The summed E-state index contributed by atoms with van der Waals surface area (Å²) in [5, 5.41) is 1.03. The van der Waals surface area contributed by atoms with Crippen molar-refractivity contribution in [2.24, 2.45) is 0 Å². The van der Waals surface area contributed by atoms with E-state index in [1.54, 1.807) is 0 Å². The summed E-state index contributed by atoms with van der Waals surface area (Å²) < 4.78 is 0. The van der Waals surface area contributed by atoms with Gasteiger partial charge in [-0.25, -0.2) is 0 Å². The van der Waals surface area contributed by atoms with Crippen molar-refractivity contribution in [3.63, 3.8) is 0 Å². The number of Topliss-reactive ketones (excluding diaryl/α,β-unsaturated/α-hetero) is 1. The molecule has 1 N–H and O–H groups in total. The number of ketones is 1. The van der Waals surface area contributed by atoms with Crippen LogP contribution in [0.4, 0.5) is 0 Å². The second kappa shape index (κ2) is 7.30. The lowest BCUT2D eigenvalue weighted by Crippen LogP contribution is -2.30. The molecule has 0 fully saturated rings. The van der Waals surface area contributed by atoms with Crippen molar-refractivity contribution in [3.05, 3.63) is 77.5 Å². The third-order valence-electron chi connectivity index (χ3n) is 5.26. The Labute approximate surface area is 154 Å². The van der Waals surface area contributed by atoms with Crippen LogP contribution in [0.3, 0.4) is 0 Å². The summed E-state index contributed by atoms with van der Waals surface area (Å²) in [7, 11) is 0. The molecule has 2 heterocycles. The molecule has 0 saturated carbocycles. The molecule has 0 aliphatic carbocycles. The van der Waals surface area contributed by atoms with Crippen molar-refractivity contribution in [3.8, 4) is 0 Å². The van der Waals surface area contributed by atoms with Gasteiger partial charge in [0, 0.05) is 48.7 Å². The highest BCUT2D eigenvalue weighted by atomic mass is 16.1. The van der Waals surface area contributed by atoms with E-state index in [2.05, 4.69) is 47.1 Å². The van der Waals surface area contributed by atoms with Gasteiger partial charge in [-0.2, -0.15) is 0 Å². The summed E-state index contributed by atoms with van der Waals surface area (Å²) in [5.41, 5.74) is 5.88. The Balaban J connectivity index is 1.36. The number of nitrogens with zero attached hydrogens (tertiary/aromatic N) is 1. The first-order chi connectivity index (χ1) is 12.7. The van der Waals surface area contributed by atoms with Crippen LogP contribution >= 0.6 is 0 Å². The zero-order valence-electron chi connectivity index (χ0n) is 15.2. The molecular formula is C23H24N2O. The van der Waals surface area contributed by atoms with Crippen molar-refractivity contribution in [2.75, 3.05) is 19.6 Å². The molecule has 0 radical (unpaired) electrons. The second-order valence-electron chi connectivity index (χ2n) is 7.07. The summed E-state index contributed by atoms with van der Waals surface area (Å²) in [6.07, 6.45) is 5.77. The summed E-state index contributed by atoms with van der Waals surface area (Å²) in [4.78, 5) is 18.2. The molecule has 1 aliphatic rings. The van der Waals surface area contributed by atoms with Crippen LogP contribution in [-0.4, -0.2) is 35.3 Å². The fraction of sp³-hybridized carbons (Fsp3) is 0.261. The Morgan fingerprint density at radius 1 is 1.12 bits per heavy atom. The average molecular weight is 344 g/mol. The van der Waals surface area contributed by atoms with E-state index >= 15 is 0 Å². The van der Waals surface area contributed by atoms with Crippen molar-refractivity contribution in [1.82, 2.24) is 9.88 Å². The SMILES string of the molecule is Cc1ccc(C2=CCN(CCC(=O)c3c[nH]c4ccccc34)CC2)cc1. The number of hydrogen-bond acceptors (Lipinski definition) is 2. The van der Waals surface area contributed by atoms with Gasteiger partial charge in [0.05, 0.1) is 0 Å². The molecule has 3 aromatic rings. The number of benzene rings is 2.